The second kappa shape index (κ2) is 13.7. The fourth-order valence-corrected chi connectivity index (χ4v) is 3.78. The van der Waals surface area contributed by atoms with E-state index >= 15 is 0 Å². The minimum Gasteiger partial charge on any atom is -0.480 e. The fraction of sp³-hybridized carbons (Fsp3) is 0.762. The average molecular weight is 471 g/mol. The number of unbranched alkanes of at least 4 members (excludes halogenated alkanes) is 1. The third-order valence-electron chi connectivity index (χ3n) is 5.49. The number of hydrogen-bond acceptors (Lipinski definition) is 7. The predicted molar refractivity (Wildman–Crippen MR) is 120 cm³/mol. The van der Waals surface area contributed by atoms with Crippen molar-refractivity contribution >= 4 is 29.6 Å². The van der Waals surface area contributed by atoms with Gasteiger partial charge in [-0.1, -0.05) is 20.3 Å². The number of primary amides is 1. The van der Waals surface area contributed by atoms with Crippen LogP contribution in [0.15, 0.2) is 0 Å². The van der Waals surface area contributed by atoms with Gasteiger partial charge in [0.05, 0.1) is 12.5 Å². The van der Waals surface area contributed by atoms with Crippen molar-refractivity contribution in [3.63, 3.8) is 0 Å². The van der Waals surface area contributed by atoms with Crippen molar-refractivity contribution in [1.82, 2.24) is 15.5 Å². The van der Waals surface area contributed by atoms with Crippen molar-refractivity contribution < 1.29 is 29.1 Å². The molecule has 1 aliphatic heterocycles. The van der Waals surface area contributed by atoms with Crippen molar-refractivity contribution in [2.24, 2.45) is 23.1 Å². The van der Waals surface area contributed by atoms with Crippen LogP contribution in [0.3, 0.4) is 0 Å². The Kier molecular flexibility index (Phi) is 11.8. The van der Waals surface area contributed by atoms with Gasteiger partial charge in [-0.2, -0.15) is 0 Å². The van der Waals surface area contributed by atoms with Crippen molar-refractivity contribution in [1.29, 1.82) is 0 Å². The molecule has 4 amide bonds. The van der Waals surface area contributed by atoms with Crippen LogP contribution in [0.25, 0.3) is 0 Å². The Morgan fingerprint density at radius 2 is 1.76 bits per heavy atom. The summed E-state index contributed by atoms with van der Waals surface area (Å²) in [5.41, 5.74) is 16.6. The lowest BCUT2D eigenvalue weighted by Gasteiger charge is -2.29. The number of likely N-dealkylation sites (tertiary alicyclic amines) is 1. The van der Waals surface area contributed by atoms with Crippen LogP contribution >= 0.6 is 0 Å². The van der Waals surface area contributed by atoms with Gasteiger partial charge in [-0.3, -0.25) is 19.2 Å². The summed E-state index contributed by atoms with van der Waals surface area (Å²) >= 11 is 0. The summed E-state index contributed by atoms with van der Waals surface area (Å²) < 4.78 is 0. The molecule has 1 aliphatic rings. The Morgan fingerprint density at radius 1 is 1.09 bits per heavy atom. The van der Waals surface area contributed by atoms with E-state index in [0.29, 0.717) is 38.6 Å². The van der Waals surface area contributed by atoms with E-state index in [2.05, 4.69) is 10.6 Å². The van der Waals surface area contributed by atoms with Gasteiger partial charge in [0, 0.05) is 6.54 Å². The van der Waals surface area contributed by atoms with Gasteiger partial charge in [-0.05, 0) is 44.6 Å². The van der Waals surface area contributed by atoms with E-state index < -0.39 is 60.2 Å². The SMILES string of the molecule is CC(C)CC(NC(=O)C1CCCN1C(=O)C(CC(N)=O)NC(=O)C(N)CCCCN)C(=O)O. The zero-order valence-electron chi connectivity index (χ0n) is 19.4. The molecule has 0 spiro atoms. The lowest BCUT2D eigenvalue weighted by Crippen LogP contribution is -2.57. The van der Waals surface area contributed by atoms with Gasteiger partial charge < -0.3 is 37.8 Å². The first-order valence-corrected chi connectivity index (χ1v) is 11.4. The molecule has 12 heteroatoms. The summed E-state index contributed by atoms with van der Waals surface area (Å²) in [4.78, 5) is 62.7. The average Bonchev–Trinajstić information content (AvgIpc) is 3.21. The fourth-order valence-electron chi connectivity index (χ4n) is 3.78. The molecule has 0 aliphatic carbocycles. The summed E-state index contributed by atoms with van der Waals surface area (Å²) in [6.07, 6.45) is 2.34. The van der Waals surface area contributed by atoms with Gasteiger partial charge in [0.2, 0.25) is 23.6 Å². The monoisotopic (exact) mass is 470 g/mol. The summed E-state index contributed by atoms with van der Waals surface area (Å²) in [5.74, 6) is -3.74. The Morgan fingerprint density at radius 3 is 2.30 bits per heavy atom. The second-order valence-corrected chi connectivity index (χ2v) is 8.84. The normalized spacial score (nSPS) is 18.5. The number of amides is 4. The molecule has 4 unspecified atom stereocenters. The number of nitrogens with one attached hydrogen (secondary N) is 2. The van der Waals surface area contributed by atoms with Gasteiger partial charge >= 0.3 is 5.97 Å². The molecule has 0 bridgehead atoms. The van der Waals surface area contributed by atoms with E-state index in [0.717, 1.165) is 0 Å². The molecule has 188 valence electrons. The smallest absolute Gasteiger partial charge is 0.326 e. The molecule has 12 nitrogen and oxygen atoms in total. The van der Waals surface area contributed by atoms with Crippen molar-refractivity contribution in [3.8, 4) is 0 Å². The number of carboxylic acid groups (broad SMARTS) is 1. The molecule has 0 radical (unpaired) electrons. The van der Waals surface area contributed by atoms with Gasteiger partial charge in [-0.15, -0.1) is 0 Å². The minimum atomic E-state index is -1.27. The van der Waals surface area contributed by atoms with Crippen LogP contribution in [0.1, 0.15) is 58.8 Å². The van der Waals surface area contributed by atoms with Gasteiger partial charge in [-0.25, -0.2) is 4.79 Å². The molecule has 1 saturated heterocycles. The molecule has 0 aromatic heterocycles. The van der Waals surface area contributed by atoms with Gasteiger partial charge in [0.25, 0.3) is 0 Å². The third-order valence-corrected chi connectivity index (χ3v) is 5.49. The lowest BCUT2D eigenvalue weighted by atomic mass is 10.0. The standard InChI is InChI=1S/C21H38N6O6/c1-12(2)10-15(21(32)33)26-19(30)16-7-5-9-27(16)20(31)14(11-17(24)28)25-18(29)13(23)6-3-4-8-22/h12-16H,3-11,22-23H2,1-2H3,(H2,24,28)(H,25,29)(H,26,30)(H,32,33). The minimum absolute atomic E-state index is 0.0388. The summed E-state index contributed by atoms with van der Waals surface area (Å²) in [6, 6.07) is -4.14. The molecule has 1 fully saturated rings. The Labute approximate surface area is 194 Å². The van der Waals surface area contributed by atoms with Crippen LogP contribution in [0, 0.1) is 5.92 Å². The van der Waals surface area contributed by atoms with Crippen LogP contribution in [0.5, 0.6) is 0 Å². The first-order chi connectivity index (χ1) is 15.5. The Hall–Kier alpha value is -2.73. The summed E-state index contributed by atoms with van der Waals surface area (Å²) in [5, 5.41) is 14.4. The highest BCUT2D eigenvalue weighted by Gasteiger charge is 2.39. The number of hydrogen-bond donors (Lipinski definition) is 6. The number of rotatable bonds is 14. The van der Waals surface area contributed by atoms with E-state index in [9.17, 15) is 29.1 Å². The first-order valence-electron chi connectivity index (χ1n) is 11.4. The van der Waals surface area contributed by atoms with Crippen LogP contribution in [0.4, 0.5) is 0 Å². The number of nitrogens with two attached hydrogens (primary N) is 3. The van der Waals surface area contributed by atoms with Crippen LogP contribution in [0.2, 0.25) is 0 Å². The second-order valence-electron chi connectivity index (χ2n) is 8.84. The zero-order valence-corrected chi connectivity index (χ0v) is 19.4. The molecule has 0 aromatic rings. The van der Waals surface area contributed by atoms with Crippen LogP contribution in [-0.4, -0.2) is 76.9 Å². The topological polar surface area (TPSA) is 211 Å². The maximum atomic E-state index is 13.2. The quantitative estimate of drug-likeness (QED) is 0.162. The maximum absolute atomic E-state index is 13.2. The van der Waals surface area contributed by atoms with E-state index in [1.807, 2.05) is 13.8 Å². The van der Waals surface area contributed by atoms with E-state index in [1.54, 1.807) is 0 Å². The molecule has 0 aromatic carbocycles. The number of carboxylic acids is 1. The Balaban J connectivity index is 2.90. The van der Waals surface area contributed by atoms with E-state index in [1.165, 1.54) is 4.90 Å². The molecule has 33 heavy (non-hydrogen) atoms. The van der Waals surface area contributed by atoms with Gasteiger partial charge in [0.1, 0.15) is 18.1 Å². The first kappa shape index (κ1) is 28.3. The molecule has 1 rings (SSSR count). The molecule has 1 heterocycles. The third kappa shape index (κ3) is 9.34. The number of carbonyl (C=O) groups excluding carboxylic acids is 4. The molecular formula is C21H38N6O6. The van der Waals surface area contributed by atoms with Gasteiger partial charge in [0.15, 0.2) is 0 Å². The lowest BCUT2D eigenvalue weighted by molar-refractivity contribution is -0.145. The molecule has 0 saturated carbocycles. The summed E-state index contributed by atoms with van der Waals surface area (Å²) in [7, 11) is 0. The molecule has 9 N–H and O–H groups in total. The highest BCUT2D eigenvalue weighted by molar-refractivity contribution is 5.96. The van der Waals surface area contributed by atoms with Crippen molar-refractivity contribution in [2.45, 2.75) is 83.0 Å². The predicted octanol–water partition coefficient (Wildman–Crippen LogP) is -1.59. The number of nitrogens with zero attached hydrogens (tertiary/aromatic N) is 1. The highest BCUT2D eigenvalue weighted by atomic mass is 16.4. The number of carbonyl (C=O) groups is 5. The van der Waals surface area contributed by atoms with Crippen molar-refractivity contribution in [3.05, 3.63) is 0 Å². The highest BCUT2D eigenvalue weighted by Crippen LogP contribution is 2.20. The number of aliphatic carboxylic acids is 1. The maximum Gasteiger partial charge on any atom is 0.326 e. The van der Waals surface area contributed by atoms with Crippen molar-refractivity contribution in [2.75, 3.05) is 13.1 Å². The molecular weight excluding hydrogens is 432 g/mol. The zero-order chi connectivity index (χ0) is 25.1. The summed E-state index contributed by atoms with van der Waals surface area (Å²) in [6.45, 7) is 4.37. The largest absolute Gasteiger partial charge is 0.480 e. The van der Waals surface area contributed by atoms with E-state index in [-0.39, 0.29) is 18.9 Å². The van der Waals surface area contributed by atoms with Crippen LogP contribution < -0.4 is 27.8 Å². The Bertz CT molecular complexity index is 715. The molecule has 4 atom stereocenters. The van der Waals surface area contributed by atoms with Crippen LogP contribution in [-0.2, 0) is 24.0 Å². The van der Waals surface area contributed by atoms with E-state index in [4.69, 9.17) is 17.2 Å².